The lowest BCUT2D eigenvalue weighted by Crippen LogP contribution is -2.60. The Morgan fingerprint density at radius 1 is 0.767 bits per heavy atom. The van der Waals surface area contributed by atoms with Crippen LogP contribution in [-0.2, 0) is 54.4 Å². The van der Waals surface area contributed by atoms with Crippen molar-refractivity contribution >= 4 is 59.2 Å². The number of nitrogens with zero attached hydrogens (tertiary/aromatic N) is 1. The quantitative estimate of drug-likeness (QED) is 0.0470. The van der Waals surface area contributed by atoms with Gasteiger partial charge < -0.3 is 63.2 Å². The van der Waals surface area contributed by atoms with Gasteiger partial charge in [-0.3, -0.25) is 47.9 Å². The van der Waals surface area contributed by atoms with Crippen LogP contribution in [0.3, 0.4) is 0 Å². The molecule has 2 saturated heterocycles. The molecule has 1 aromatic rings. The molecule has 0 spiro atoms. The van der Waals surface area contributed by atoms with E-state index < -0.39 is 115 Å². The van der Waals surface area contributed by atoms with Gasteiger partial charge in [0.2, 0.25) is 47.3 Å². The van der Waals surface area contributed by atoms with Gasteiger partial charge in [0, 0.05) is 19.4 Å². The van der Waals surface area contributed by atoms with E-state index >= 15 is 0 Å². The van der Waals surface area contributed by atoms with Gasteiger partial charge in [-0.2, -0.15) is 0 Å². The highest BCUT2D eigenvalue weighted by molar-refractivity contribution is 5.99. The fourth-order valence-corrected chi connectivity index (χ4v) is 6.57. The highest BCUT2D eigenvalue weighted by Crippen LogP contribution is 2.21. The fourth-order valence-electron chi connectivity index (χ4n) is 6.57. The molecule has 22 nitrogen and oxygen atoms in total. The average Bonchev–Trinajstić information content (AvgIpc) is 3.88. The summed E-state index contributed by atoms with van der Waals surface area (Å²) in [5, 5.41) is 45.7. The molecule has 1 aromatic carbocycles. The summed E-state index contributed by atoms with van der Waals surface area (Å²) in [4.78, 5) is 129. The van der Waals surface area contributed by atoms with E-state index in [1.807, 2.05) is 0 Å². The summed E-state index contributed by atoms with van der Waals surface area (Å²) in [7, 11) is 0. The number of aliphatic carboxylic acids is 2. The predicted molar refractivity (Wildman–Crippen MR) is 209 cm³/mol. The Kier molecular flexibility index (Phi) is 18.8. The number of rotatable bonds is 23. The van der Waals surface area contributed by atoms with Crippen molar-refractivity contribution in [2.45, 2.75) is 120 Å². The molecule has 2 fully saturated rings. The molecule has 0 aliphatic carbocycles. The second-order valence-corrected chi connectivity index (χ2v) is 14.6. The smallest absolute Gasteiger partial charge is 0.325 e. The van der Waals surface area contributed by atoms with Crippen LogP contribution in [0, 0.1) is 0 Å². The lowest BCUT2D eigenvalue weighted by molar-refractivity contribution is -0.142. The van der Waals surface area contributed by atoms with Crippen LogP contribution in [0.15, 0.2) is 30.3 Å². The summed E-state index contributed by atoms with van der Waals surface area (Å²) in [5.74, 6) is -9.17. The molecule has 0 bridgehead atoms. The highest BCUT2D eigenvalue weighted by atomic mass is 16.4. The number of hydrogen-bond acceptors (Lipinski definition) is 12. The first-order chi connectivity index (χ1) is 28.4. The summed E-state index contributed by atoms with van der Waals surface area (Å²) in [5.41, 5.74) is 6.22. The van der Waals surface area contributed by atoms with Crippen LogP contribution in [0.5, 0.6) is 0 Å². The van der Waals surface area contributed by atoms with E-state index in [0.29, 0.717) is 18.4 Å². The average molecular weight is 846 g/mol. The molecule has 0 radical (unpaired) electrons. The first-order valence-electron chi connectivity index (χ1n) is 19.7. The molecule has 8 amide bonds. The summed E-state index contributed by atoms with van der Waals surface area (Å²) >= 11 is 0. The van der Waals surface area contributed by atoms with E-state index in [0.717, 1.165) is 0 Å². The van der Waals surface area contributed by atoms with Crippen molar-refractivity contribution in [3.05, 3.63) is 35.9 Å². The zero-order chi connectivity index (χ0) is 44.5. The standard InChI is InChI=1S/C38H55N9O13/c1-20(31(52)44-25(17-22-9-4-3-5-10-22)33(54)41-21(2)38(59)60)40-34(55)26(18-30(50)51)45-32(53)23(11-6-7-15-39)43-35(56)27(19-48)46-36(57)28-12-8-16-47(28)37(58)24-13-14-29(49)42-24/h3-5,9-10,20-21,23-28,48H,6-8,11-19,39H2,1-2H3,(H,40,55)(H,41,54)(H,42,49)(H,43,56)(H,44,52)(H,45,53)(H,46,57)(H,50,51)(H,59,60)/t20-,21-,23-,24-,25-,26-,27-,28-/m0/s1. The van der Waals surface area contributed by atoms with Crippen molar-refractivity contribution in [1.29, 1.82) is 0 Å². The van der Waals surface area contributed by atoms with Gasteiger partial charge in [-0.1, -0.05) is 30.3 Å². The van der Waals surface area contributed by atoms with Crippen molar-refractivity contribution in [3.63, 3.8) is 0 Å². The molecule has 60 heavy (non-hydrogen) atoms. The van der Waals surface area contributed by atoms with E-state index in [1.165, 1.54) is 18.7 Å². The van der Waals surface area contributed by atoms with Crippen molar-refractivity contribution < 1.29 is 63.3 Å². The molecule has 330 valence electrons. The number of carbonyl (C=O) groups is 10. The molecule has 3 rings (SSSR count). The first-order valence-corrected chi connectivity index (χ1v) is 19.7. The number of likely N-dealkylation sites (tertiary alicyclic amines) is 1. The molecular formula is C38H55N9O13. The molecular weight excluding hydrogens is 790 g/mol. The minimum absolute atomic E-state index is 0.0544. The van der Waals surface area contributed by atoms with Crippen molar-refractivity contribution in [1.82, 2.24) is 42.1 Å². The van der Waals surface area contributed by atoms with E-state index in [1.54, 1.807) is 30.3 Å². The largest absolute Gasteiger partial charge is 0.481 e. The zero-order valence-electron chi connectivity index (χ0n) is 33.4. The van der Waals surface area contributed by atoms with E-state index in [2.05, 4.69) is 37.2 Å². The summed E-state index contributed by atoms with van der Waals surface area (Å²) in [6.45, 7) is 2.00. The van der Waals surface area contributed by atoms with Crippen LogP contribution in [-0.4, -0.2) is 147 Å². The maximum absolute atomic E-state index is 13.6. The third-order valence-electron chi connectivity index (χ3n) is 9.94. The number of nitrogens with one attached hydrogen (secondary N) is 7. The van der Waals surface area contributed by atoms with Crippen LogP contribution in [0.4, 0.5) is 0 Å². The minimum atomic E-state index is -1.79. The monoisotopic (exact) mass is 845 g/mol. The summed E-state index contributed by atoms with van der Waals surface area (Å²) in [6, 6.07) is -2.11. The Hall–Kier alpha value is -6.16. The molecule has 2 aliphatic rings. The van der Waals surface area contributed by atoms with Crippen LogP contribution in [0.25, 0.3) is 0 Å². The van der Waals surface area contributed by atoms with Crippen molar-refractivity contribution in [2.24, 2.45) is 5.73 Å². The highest BCUT2D eigenvalue weighted by Gasteiger charge is 2.40. The molecule has 22 heteroatoms. The lowest BCUT2D eigenvalue weighted by atomic mass is 10.0. The molecule has 2 aliphatic heterocycles. The normalized spacial score (nSPS) is 18.9. The third kappa shape index (κ3) is 14.6. The topological polar surface area (TPSA) is 345 Å². The fraction of sp³-hybridized carbons (Fsp3) is 0.579. The van der Waals surface area contributed by atoms with Crippen molar-refractivity contribution in [2.75, 3.05) is 19.7 Å². The van der Waals surface area contributed by atoms with E-state index in [9.17, 15) is 63.3 Å². The predicted octanol–water partition coefficient (Wildman–Crippen LogP) is -3.87. The third-order valence-corrected chi connectivity index (χ3v) is 9.94. The van der Waals surface area contributed by atoms with Gasteiger partial charge in [0.25, 0.3) is 0 Å². The van der Waals surface area contributed by atoms with Crippen LogP contribution in [0.1, 0.15) is 70.8 Å². The van der Waals surface area contributed by atoms with Crippen LogP contribution >= 0.6 is 0 Å². The maximum atomic E-state index is 13.6. The van der Waals surface area contributed by atoms with Crippen molar-refractivity contribution in [3.8, 4) is 0 Å². The van der Waals surface area contributed by atoms with Gasteiger partial charge in [-0.15, -0.1) is 0 Å². The number of hydrogen-bond donors (Lipinski definition) is 11. The Morgan fingerprint density at radius 3 is 1.97 bits per heavy atom. The van der Waals surface area contributed by atoms with Gasteiger partial charge >= 0.3 is 11.9 Å². The maximum Gasteiger partial charge on any atom is 0.325 e. The zero-order valence-corrected chi connectivity index (χ0v) is 33.4. The van der Waals surface area contributed by atoms with E-state index in [4.69, 9.17) is 5.73 Å². The lowest BCUT2D eigenvalue weighted by Gasteiger charge is -2.28. The number of unbranched alkanes of at least 4 members (excludes halogenated alkanes) is 1. The van der Waals surface area contributed by atoms with Gasteiger partial charge in [0.1, 0.15) is 48.3 Å². The summed E-state index contributed by atoms with van der Waals surface area (Å²) in [6.07, 6.45) is 0.761. The Bertz CT molecular complexity index is 1750. The Balaban J connectivity index is 1.69. The number of amides is 8. The van der Waals surface area contributed by atoms with Crippen LogP contribution < -0.4 is 43.0 Å². The number of nitrogens with two attached hydrogens (primary N) is 1. The van der Waals surface area contributed by atoms with E-state index in [-0.39, 0.29) is 57.5 Å². The van der Waals surface area contributed by atoms with Gasteiger partial charge in [0.15, 0.2) is 0 Å². The SMILES string of the molecule is C[C@H](NC(=O)[C@H](Cc1ccccc1)NC(=O)[C@H](C)NC(=O)[C@H](CC(=O)O)NC(=O)[C@H](CCCCN)NC(=O)[C@H](CO)NC(=O)[C@@H]1CCCN1C(=O)[C@@H]1CCC(=O)N1)C(=O)O. The Morgan fingerprint density at radius 2 is 1.37 bits per heavy atom. The Labute approximate surface area is 345 Å². The first kappa shape index (κ1) is 48.2. The van der Waals surface area contributed by atoms with Gasteiger partial charge in [-0.25, -0.2) is 0 Å². The number of carbonyl (C=O) groups excluding carboxylic acids is 8. The number of benzene rings is 1. The number of carboxylic acid groups (broad SMARTS) is 2. The van der Waals surface area contributed by atoms with Crippen LogP contribution in [0.2, 0.25) is 0 Å². The molecule has 12 N–H and O–H groups in total. The molecule has 8 atom stereocenters. The second-order valence-electron chi connectivity index (χ2n) is 14.6. The number of carboxylic acids is 2. The second kappa shape index (κ2) is 23.4. The van der Waals surface area contributed by atoms with Gasteiger partial charge in [-0.05, 0) is 64.5 Å². The molecule has 0 saturated carbocycles. The summed E-state index contributed by atoms with van der Waals surface area (Å²) < 4.78 is 0. The van der Waals surface area contributed by atoms with Gasteiger partial charge in [0.05, 0.1) is 13.0 Å². The minimum Gasteiger partial charge on any atom is -0.481 e. The molecule has 2 heterocycles. The molecule has 0 aromatic heterocycles. The number of aliphatic hydroxyl groups is 1. The number of aliphatic hydroxyl groups excluding tert-OH is 1. The molecule has 0 unspecified atom stereocenters.